The molecule has 2 rings (SSSR count). The molecule has 0 aliphatic carbocycles. The summed E-state index contributed by atoms with van der Waals surface area (Å²) in [5.41, 5.74) is 0.856. The van der Waals surface area contributed by atoms with Crippen LogP contribution < -0.4 is 14.9 Å². The van der Waals surface area contributed by atoms with Gasteiger partial charge in [0.2, 0.25) is 0 Å². The maximum Gasteiger partial charge on any atom is 0.407 e. The molecule has 0 saturated heterocycles. The van der Waals surface area contributed by atoms with Crippen LogP contribution in [0.15, 0.2) is 60.7 Å². The summed E-state index contributed by atoms with van der Waals surface area (Å²) >= 11 is 0. The van der Waals surface area contributed by atoms with Crippen LogP contribution in [0.4, 0.5) is 4.79 Å². The second-order valence-electron chi connectivity index (χ2n) is 7.13. The molecule has 168 valence electrons. The Balaban J connectivity index is 1.93. The number of amides is 1. The summed E-state index contributed by atoms with van der Waals surface area (Å²) in [6, 6.07) is 17.0. The molecule has 0 bridgehead atoms. The zero-order valence-corrected chi connectivity index (χ0v) is 18.8. The molecule has 0 spiro atoms. The summed E-state index contributed by atoms with van der Waals surface area (Å²) in [5.74, 6) is -0.156. The Morgan fingerprint density at radius 2 is 1.58 bits per heavy atom. The summed E-state index contributed by atoms with van der Waals surface area (Å²) in [7, 11) is -3.55. The van der Waals surface area contributed by atoms with E-state index in [9.17, 15) is 14.2 Å². The number of benzene rings is 2. The molecule has 2 aromatic rings. The standard InChI is InChI=1S/C22H29N2O6P/c1-17(2)29-21(25)18(3)24-31(27,30-20-12-8-5-9-13-20)15-14-23-22(26)28-16-19-10-6-4-7-11-19/h4-13,17-18H,14-16H2,1-3H3,(H,23,26)(H,24,27). The Morgan fingerprint density at radius 3 is 2.19 bits per heavy atom. The fraction of sp³-hybridized carbons (Fsp3) is 0.364. The molecule has 9 heteroatoms. The maximum atomic E-state index is 13.4. The van der Waals surface area contributed by atoms with Gasteiger partial charge in [-0.1, -0.05) is 48.5 Å². The van der Waals surface area contributed by atoms with E-state index in [0.717, 1.165) is 5.56 Å². The van der Waals surface area contributed by atoms with Gasteiger partial charge in [-0.25, -0.2) is 9.88 Å². The van der Waals surface area contributed by atoms with Gasteiger partial charge in [0.15, 0.2) is 0 Å². The van der Waals surface area contributed by atoms with Crippen molar-refractivity contribution in [2.24, 2.45) is 0 Å². The van der Waals surface area contributed by atoms with Crippen molar-refractivity contribution in [3.8, 4) is 5.75 Å². The molecular weight excluding hydrogens is 419 g/mol. The Kier molecular flexibility index (Phi) is 9.56. The van der Waals surface area contributed by atoms with Crippen molar-refractivity contribution in [3.05, 3.63) is 66.2 Å². The van der Waals surface area contributed by atoms with Crippen molar-refractivity contribution in [2.75, 3.05) is 12.7 Å². The lowest BCUT2D eigenvalue weighted by Crippen LogP contribution is -2.38. The van der Waals surface area contributed by atoms with Gasteiger partial charge in [-0.3, -0.25) is 9.36 Å². The highest BCUT2D eigenvalue weighted by Gasteiger charge is 2.30. The van der Waals surface area contributed by atoms with E-state index < -0.39 is 25.6 Å². The molecule has 0 aliphatic rings. The van der Waals surface area contributed by atoms with Crippen LogP contribution in [-0.4, -0.2) is 36.9 Å². The maximum absolute atomic E-state index is 13.4. The zero-order valence-electron chi connectivity index (χ0n) is 17.9. The summed E-state index contributed by atoms with van der Waals surface area (Å²) < 4.78 is 29.4. The number of carbonyl (C=O) groups is 2. The number of rotatable bonds is 11. The molecule has 8 nitrogen and oxygen atoms in total. The Bertz CT molecular complexity index is 876. The Labute approximate surface area is 182 Å². The van der Waals surface area contributed by atoms with E-state index in [4.69, 9.17) is 14.0 Å². The van der Waals surface area contributed by atoms with E-state index in [2.05, 4.69) is 10.4 Å². The number of hydrogen-bond acceptors (Lipinski definition) is 6. The minimum Gasteiger partial charge on any atom is -0.462 e. The van der Waals surface area contributed by atoms with Crippen molar-refractivity contribution >= 4 is 19.6 Å². The van der Waals surface area contributed by atoms with E-state index in [1.165, 1.54) is 0 Å². The summed E-state index contributed by atoms with van der Waals surface area (Å²) in [6.45, 7) is 5.16. The molecular formula is C22H29N2O6P. The fourth-order valence-corrected chi connectivity index (χ4v) is 4.39. The highest BCUT2D eigenvalue weighted by molar-refractivity contribution is 7.57. The SMILES string of the molecule is CC(C)OC(=O)C(C)NP(=O)(CCNC(=O)OCc1ccccc1)Oc1ccccc1. The average molecular weight is 448 g/mol. The molecule has 0 aliphatic heterocycles. The largest absolute Gasteiger partial charge is 0.462 e. The molecule has 0 heterocycles. The molecule has 2 atom stereocenters. The van der Waals surface area contributed by atoms with Gasteiger partial charge in [-0.15, -0.1) is 0 Å². The van der Waals surface area contributed by atoms with Crippen molar-refractivity contribution in [1.82, 2.24) is 10.4 Å². The minimum absolute atomic E-state index is 0.0245. The number of hydrogen-bond donors (Lipinski definition) is 2. The van der Waals surface area contributed by atoms with E-state index in [0.29, 0.717) is 5.75 Å². The molecule has 0 aromatic heterocycles. The van der Waals surface area contributed by atoms with E-state index in [1.54, 1.807) is 51.1 Å². The van der Waals surface area contributed by atoms with Gasteiger partial charge in [0.25, 0.3) is 0 Å². The molecule has 31 heavy (non-hydrogen) atoms. The number of alkyl carbamates (subject to hydrolysis) is 1. The molecule has 2 aromatic carbocycles. The molecule has 2 unspecified atom stereocenters. The van der Waals surface area contributed by atoms with Crippen LogP contribution >= 0.6 is 7.52 Å². The predicted octanol–water partition coefficient (Wildman–Crippen LogP) is 4.11. The van der Waals surface area contributed by atoms with Gasteiger partial charge in [0.05, 0.1) is 12.3 Å². The van der Waals surface area contributed by atoms with Gasteiger partial charge in [-0.05, 0) is 38.5 Å². The van der Waals surface area contributed by atoms with Gasteiger partial charge in [0.1, 0.15) is 18.4 Å². The van der Waals surface area contributed by atoms with Gasteiger partial charge >= 0.3 is 19.6 Å². The molecule has 0 fully saturated rings. The molecule has 0 saturated carbocycles. The van der Waals surface area contributed by atoms with Gasteiger partial charge in [0, 0.05) is 6.54 Å². The van der Waals surface area contributed by atoms with Crippen LogP contribution in [0.25, 0.3) is 0 Å². The fourth-order valence-electron chi connectivity index (χ4n) is 2.55. The number of carbonyl (C=O) groups excluding carboxylic acids is 2. The number of esters is 1. The highest BCUT2D eigenvalue weighted by Crippen LogP contribution is 2.43. The van der Waals surface area contributed by atoms with Crippen molar-refractivity contribution in [3.63, 3.8) is 0 Å². The molecule has 2 N–H and O–H groups in total. The van der Waals surface area contributed by atoms with E-state index in [-0.39, 0.29) is 25.4 Å². The van der Waals surface area contributed by atoms with Crippen molar-refractivity contribution in [1.29, 1.82) is 0 Å². The Hall–Kier alpha value is -2.83. The minimum atomic E-state index is -3.55. The van der Waals surface area contributed by atoms with Crippen LogP contribution in [0.2, 0.25) is 0 Å². The smallest absolute Gasteiger partial charge is 0.407 e. The number of para-hydroxylation sites is 1. The first-order valence-corrected chi connectivity index (χ1v) is 11.8. The first-order valence-electron chi connectivity index (χ1n) is 10.0. The molecule has 1 amide bonds. The number of ether oxygens (including phenoxy) is 2. The summed E-state index contributed by atoms with van der Waals surface area (Å²) in [4.78, 5) is 24.1. The second-order valence-corrected chi connectivity index (χ2v) is 9.36. The third kappa shape index (κ3) is 9.24. The van der Waals surface area contributed by atoms with Crippen LogP contribution in [0.1, 0.15) is 26.3 Å². The number of nitrogens with one attached hydrogen (secondary N) is 2. The Morgan fingerprint density at radius 1 is 0.968 bits per heavy atom. The normalized spacial score (nSPS) is 13.7. The third-order valence-electron chi connectivity index (χ3n) is 3.98. The second kappa shape index (κ2) is 12.1. The highest BCUT2D eigenvalue weighted by atomic mass is 31.2. The van der Waals surface area contributed by atoms with Crippen molar-refractivity contribution < 1.29 is 28.2 Å². The summed E-state index contributed by atoms with van der Waals surface area (Å²) in [6.07, 6.45) is -0.989. The van der Waals surface area contributed by atoms with Crippen LogP contribution in [0.3, 0.4) is 0 Å². The van der Waals surface area contributed by atoms with Crippen LogP contribution in [0.5, 0.6) is 5.75 Å². The quantitative estimate of drug-likeness (QED) is 0.394. The van der Waals surface area contributed by atoms with Gasteiger partial charge in [-0.2, -0.15) is 0 Å². The first-order chi connectivity index (χ1) is 14.8. The zero-order chi connectivity index (χ0) is 22.7. The van der Waals surface area contributed by atoms with Gasteiger partial charge < -0.3 is 19.3 Å². The van der Waals surface area contributed by atoms with E-state index >= 15 is 0 Å². The topological polar surface area (TPSA) is 103 Å². The predicted molar refractivity (Wildman–Crippen MR) is 118 cm³/mol. The lowest BCUT2D eigenvalue weighted by atomic mass is 10.2. The lowest BCUT2D eigenvalue weighted by molar-refractivity contribution is -0.149. The monoisotopic (exact) mass is 448 g/mol. The van der Waals surface area contributed by atoms with Crippen LogP contribution in [-0.2, 0) is 25.4 Å². The summed E-state index contributed by atoms with van der Waals surface area (Å²) in [5, 5.41) is 5.30. The average Bonchev–Trinajstić information content (AvgIpc) is 2.73. The lowest BCUT2D eigenvalue weighted by Gasteiger charge is -2.24. The third-order valence-corrected chi connectivity index (χ3v) is 6.08. The first kappa shape index (κ1) is 24.4. The molecule has 0 radical (unpaired) electrons. The van der Waals surface area contributed by atoms with Crippen LogP contribution in [0, 0.1) is 0 Å². The van der Waals surface area contributed by atoms with E-state index in [1.807, 2.05) is 30.3 Å². The van der Waals surface area contributed by atoms with Crippen molar-refractivity contribution in [2.45, 2.75) is 39.5 Å².